The fraction of sp³-hybridized carbons (Fsp3) is 0.778. The summed E-state index contributed by atoms with van der Waals surface area (Å²) in [6.07, 6.45) is 0. The van der Waals surface area contributed by atoms with Crippen molar-refractivity contribution in [2.75, 3.05) is 20.2 Å². The summed E-state index contributed by atoms with van der Waals surface area (Å²) in [5.74, 6) is 5.77. The van der Waals surface area contributed by atoms with Crippen LogP contribution < -0.4 is 0 Å². The largest absolute Gasteiger partial charge is 0.394 e. The zero-order chi connectivity index (χ0) is 8.91. The van der Waals surface area contributed by atoms with E-state index in [-0.39, 0.29) is 12.1 Å². The second kappa shape index (κ2) is 4.38. The number of likely N-dealkylation sites (N-methyl/N-ethyl adjacent to an activating group) is 1. The van der Waals surface area contributed by atoms with Crippen LogP contribution in [0.3, 0.4) is 0 Å². The summed E-state index contributed by atoms with van der Waals surface area (Å²) in [6, 6.07) is 0. The van der Waals surface area contributed by atoms with Gasteiger partial charge in [0.05, 0.1) is 13.2 Å². The van der Waals surface area contributed by atoms with E-state index in [1.54, 1.807) is 0 Å². The zero-order valence-corrected chi connectivity index (χ0v) is 7.81. The van der Waals surface area contributed by atoms with Gasteiger partial charge in [-0.05, 0) is 27.8 Å². The molecule has 0 rings (SSSR count). The van der Waals surface area contributed by atoms with Crippen LogP contribution in [-0.2, 0) is 0 Å². The van der Waals surface area contributed by atoms with Gasteiger partial charge in [0, 0.05) is 5.54 Å². The zero-order valence-electron chi connectivity index (χ0n) is 7.81. The van der Waals surface area contributed by atoms with E-state index in [1.165, 1.54) is 0 Å². The molecule has 0 bridgehead atoms. The standard InChI is InChI=1S/C9H17NO/c1-5-6-7-10(4)9(2,3)8-11/h11H,7-8H2,1-4H3. The summed E-state index contributed by atoms with van der Waals surface area (Å²) in [7, 11) is 1.96. The maximum absolute atomic E-state index is 8.97. The monoisotopic (exact) mass is 155 g/mol. The van der Waals surface area contributed by atoms with Gasteiger partial charge in [0.2, 0.25) is 0 Å². The van der Waals surface area contributed by atoms with Gasteiger partial charge < -0.3 is 5.11 Å². The highest BCUT2D eigenvalue weighted by Crippen LogP contribution is 2.09. The minimum atomic E-state index is -0.163. The summed E-state index contributed by atoms with van der Waals surface area (Å²) < 4.78 is 0. The average Bonchev–Trinajstić information content (AvgIpc) is 2.00. The molecule has 64 valence electrons. The van der Waals surface area contributed by atoms with Crippen molar-refractivity contribution in [3.8, 4) is 11.8 Å². The normalized spacial score (nSPS) is 11.1. The summed E-state index contributed by atoms with van der Waals surface area (Å²) in [4.78, 5) is 2.03. The molecule has 0 aromatic rings. The number of rotatable bonds is 3. The van der Waals surface area contributed by atoms with E-state index >= 15 is 0 Å². The highest BCUT2D eigenvalue weighted by molar-refractivity contribution is 4.99. The summed E-state index contributed by atoms with van der Waals surface area (Å²) in [6.45, 7) is 6.67. The molecule has 1 N–H and O–H groups in total. The Morgan fingerprint density at radius 3 is 2.36 bits per heavy atom. The SMILES string of the molecule is CC#CCN(C)C(C)(C)CO. The predicted molar refractivity (Wildman–Crippen MR) is 47.2 cm³/mol. The van der Waals surface area contributed by atoms with Gasteiger partial charge in [0.15, 0.2) is 0 Å². The Morgan fingerprint density at radius 1 is 1.45 bits per heavy atom. The molecule has 2 heteroatoms. The van der Waals surface area contributed by atoms with Crippen molar-refractivity contribution in [2.24, 2.45) is 0 Å². The van der Waals surface area contributed by atoms with Gasteiger partial charge in [-0.25, -0.2) is 0 Å². The number of aliphatic hydroxyl groups is 1. The molecule has 0 aromatic carbocycles. The van der Waals surface area contributed by atoms with E-state index in [2.05, 4.69) is 11.8 Å². The number of aliphatic hydroxyl groups excluding tert-OH is 1. The molecular weight excluding hydrogens is 138 g/mol. The molecule has 0 spiro atoms. The topological polar surface area (TPSA) is 23.5 Å². The van der Waals surface area contributed by atoms with Crippen LogP contribution in [0.5, 0.6) is 0 Å². The molecule has 0 heterocycles. The van der Waals surface area contributed by atoms with Gasteiger partial charge in [0.1, 0.15) is 0 Å². The molecule has 0 fully saturated rings. The van der Waals surface area contributed by atoms with Crippen LogP contribution in [0.15, 0.2) is 0 Å². The van der Waals surface area contributed by atoms with Crippen LogP contribution in [-0.4, -0.2) is 35.7 Å². The summed E-state index contributed by atoms with van der Waals surface area (Å²) >= 11 is 0. The Bertz CT molecular complexity index is 164. The van der Waals surface area contributed by atoms with Crippen LogP contribution in [0.25, 0.3) is 0 Å². The van der Waals surface area contributed by atoms with Crippen LogP contribution in [0, 0.1) is 11.8 Å². The van der Waals surface area contributed by atoms with Gasteiger partial charge in [-0.3, -0.25) is 4.90 Å². The molecule has 0 aliphatic heterocycles. The Hall–Kier alpha value is -0.520. The predicted octanol–water partition coefficient (Wildman–Crippen LogP) is 0.712. The fourth-order valence-electron chi connectivity index (χ4n) is 0.532. The second-order valence-corrected chi connectivity index (χ2v) is 3.25. The average molecular weight is 155 g/mol. The molecule has 0 aliphatic carbocycles. The first kappa shape index (κ1) is 10.5. The molecule has 0 aliphatic rings. The minimum Gasteiger partial charge on any atom is -0.394 e. The van der Waals surface area contributed by atoms with Crippen LogP contribution in [0.2, 0.25) is 0 Å². The molecule has 0 radical (unpaired) electrons. The quantitative estimate of drug-likeness (QED) is 0.607. The smallest absolute Gasteiger partial charge is 0.0610 e. The van der Waals surface area contributed by atoms with Crippen LogP contribution in [0.1, 0.15) is 20.8 Å². The van der Waals surface area contributed by atoms with Crippen molar-refractivity contribution in [1.29, 1.82) is 0 Å². The number of nitrogens with zero attached hydrogens (tertiary/aromatic N) is 1. The first-order valence-electron chi connectivity index (χ1n) is 3.76. The van der Waals surface area contributed by atoms with E-state index in [0.29, 0.717) is 6.54 Å². The summed E-state index contributed by atoms with van der Waals surface area (Å²) in [5.41, 5.74) is -0.163. The van der Waals surface area contributed by atoms with Crippen molar-refractivity contribution in [3.05, 3.63) is 0 Å². The molecule has 0 saturated heterocycles. The Morgan fingerprint density at radius 2 is 2.00 bits per heavy atom. The second-order valence-electron chi connectivity index (χ2n) is 3.25. The Kier molecular flexibility index (Phi) is 4.17. The van der Waals surface area contributed by atoms with Crippen molar-refractivity contribution in [2.45, 2.75) is 26.3 Å². The molecule has 2 nitrogen and oxygen atoms in total. The lowest BCUT2D eigenvalue weighted by Gasteiger charge is -2.32. The number of hydrogen-bond acceptors (Lipinski definition) is 2. The molecule has 0 unspecified atom stereocenters. The first-order valence-corrected chi connectivity index (χ1v) is 3.76. The third kappa shape index (κ3) is 3.41. The third-order valence-electron chi connectivity index (χ3n) is 1.91. The van der Waals surface area contributed by atoms with Crippen molar-refractivity contribution in [3.63, 3.8) is 0 Å². The lowest BCUT2D eigenvalue weighted by molar-refractivity contribution is 0.0902. The van der Waals surface area contributed by atoms with Crippen molar-refractivity contribution in [1.82, 2.24) is 4.90 Å². The third-order valence-corrected chi connectivity index (χ3v) is 1.91. The Balaban J connectivity index is 3.97. The van der Waals surface area contributed by atoms with E-state index in [9.17, 15) is 0 Å². The lowest BCUT2D eigenvalue weighted by atomic mass is 10.1. The lowest BCUT2D eigenvalue weighted by Crippen LogP contribution is -2.44. The maximum atomic E-state index is 8.97. The molecule has 11 heavy (non-hydrogen) atoms. The van der Waals surface area contributed by atoms with Gasteiger partial charge in [-0.2, -0.15) is 0 Å². The molecule has 0 saturated carbocycles. The maximum Gasteiger partial charge on any atom is 0.0610 e. The first-order chi connectivity index (χ1) is 5.04. The van der Waals surface area contributed by atoms with Crippen LogP contribution in [0.4, 0.5) is 0 Å². The van der Waals surface area contributed by atoms with Crippen molar-refractivity contribution < 1.29 is 5.11 Å². The fourth-order valence-corrected chi connectivity index (χ4v) is 0.532. The van der Waals surface area contributed by atoms with Gasteiger partial charge in [0.25, 0.3) is 0 Å². The molecular formula is C9H17NO. The van der Waals surface area contributed by atoms with E-state index in [0.717, 1.165) is 0 Å². The van der Waals surface area contributed by atoms with Crippen molar-refractivity contribution >= 4 is 0 Å². The molecule has 0 atom stereocenters. The number of hydrogen-bond donors (Lipinski definition) is 1. The highest BCUT2D eigenvalue weighted by Gasteiger charge is 2.20. The van der Waals surface area contributed by atoms with E-state index in [4.69, 9.17) is 5.11 Å². The van der Waals surface area contributed by atoms with Gasteiger partial charge in [-0.15, -0.1) is 5.92 Å². The van der Waals surface area contributed by atoms with Crippen LogP contribution >= 0.6 is 0 Å². The van der Waals surface area contributed by atoms with E-state index in [1.807, 2.05) is 32.7 Å². The highest BCUT2D eigenvalue weighted by atomic mass is 16.3. The van der Waals surface area contributed by atoms with Gasteiger partial charge in [-0.1, -0.05) is 5.92 Å². The van der Waals surface area contributed by atoms with Gasteiger partial charge >= 0.3 is 0 Å². The van der Waals surface area contributed by atoms with E-state index < -0.39 is 0 Å². The minimum absolute atomic E-state index is 0.162. The Labute approximate surface area is 69.2 Å². The molecule has 0 aromatic heterocycles. The summed E-state index contributed by atoms with van der Waals surface area (Å²) in [5, 5.41) is 8.97. The molecule has 0 amide bonds.